The van der Waals surface area contributed by atoms with Crippen molar-refractivity contribution < 1.29 is 4.74 Å². The first kappa shape index (κ1) is 13.9. The normalized spacial score (nSPS) is 18.1. The van der Waals surface area contributed by atoms with Crippen molar-refractivity contribution in [1.82, 2.24) is 0 Å². The van der Waals surface area contributed by atoms with E-state index in [1.54, 1.807) is 0 Å². The second-order valence-corrected chi connectivity index (χ2v) is 6.52. The minimum absolute atomic E-state index is 0.329. The summed E-state index contributed by atoms with van der Waals surface area (Å²) in [6.07, 6.45) is 6.62. The van der Waals surface area contributed by atoms with Gasteiger partial charge in [0.1, 0.15) is 5.75 Å². The van der Waals surface area contributed by atoms with Crippen LogP contribution in [0.3, 0.4) is 0 Å². The quantitative estimate of drug-likeness (QED) is 0.665. The highest BCUT2D eigenvalue weighted by molar-refractivity contribution is 9.09. The first-order chi connectivity index (χ1) is 9.83. The van der Waals surface area contributed by atoms with Crippen molar-refractivity contribution in [2.24, 2.45) is 5.41 Å². The summed E-state index contributed by atoms with van der Waals surface area (Å²) < 4.78 is 6.22. The molecule has 2 heteroatoms. The topological polar surface area (TPSA) is 9.23 Å². The molecule has 3 rings (SSSR count). The third kappa shape index (κ3) is 2.85. The Morgan fingerprint density at radius 1 is 0.950 bits per heavy atom. The maximum Gasteiger partial charge on any atom is 0.127 e. The molecule has 0 atom stereocenters. The van der Waals surface area contributed by atoms with Gasteiger partial charge in [0, 0.05) is 16.1 Å². The third-order valence-corrected chi connectivity index (χ3v) is 5.67. The Kier molecular flexibility index (Phi) is 4.30. The molecular formula is C18H21BrO. The van der Waals surface area contributed by atoms with Crippen LogP contribution in [0.2, 0.25) is 0 Å². The van der Waals surface area contributed by atoms with E-state index < -0.39 is 0 Å². The van der Waals surface area contributed by atoms with Gasteiger partial charge in [0.05, 0.1) is 6.61 Å². The molecule has 0 spiro atoms. The molecule has 0 heterocycles. The Bertz CT molecular complexity index is 567. The molecule has 0 aromatic heterocycles. The Morgan fingerprint density at radius 3 is 2.50 bits per heavy atom. The van der Waals surface area contributed by atoms with Gasteiger partial charge < -0.3 is 4.74 Å². The van der Waals surface area contributed by atoms with E-state index >= 15 is 0 Å². The first-order valence-electron chi connectivity index (χ1n) is 7.50. The number of alkyl halides is 1. The molecule has 106 valence electrons. The lowest BCUT2D eigenvalue weighted by Gasteiger charge is -2.35. The molecule has 0 radical (unpaired) electrons. The summed E-state index contributed by atoms with van der Waals surface area (Å²) >= 11 is 3.71. The van der Waals surface area contributed by atoms with Crippen LogP contribution in [0.25, 0.3) is 10.8 Å². The number of hydrogen-bond acceptors (Lipinski definition) is 1. The van der Waals surface area contributed by atoms with Crippen molar-refractivity contribution in [3.05, 3.63) is 42.5 Å². The molecule has 0 saturated heterocycles. The van der Waals surface area contributed by atoms with Gasteiger partial charge in [0.15, 0.2) is 0 Å². The maximum absolute atomic E-state index is 6.22. The molecule has 20 heavy (non-hydrogen) atoms. The number of ether oxygens (including phenoxy) is 1. The lowest BCUT2D eigenvalue weighted by molar-refractivity contribution is 0.123. The zero-order chi connectivity index (χ0) is 13.8. The number of halogens is 1. The predicted molar refractivity (Wildman–Crippen MR) is 88.8 cm³/mol. The molecule has 0 amide bonds. The van der Waals surface area contributed by atoms with Gasteiger partial charge in [-0.05, 0) is 24.3 Å². The van der Waals surface area contributed by atoms with E-state index in [-0.39, 0.29) is 0 Å². The van der Waals surface area contributed by atoms with Gasteiger partial charge in [-0.2, -0.15) is 0 Å². The Labute approximate surface area is 129 Å². The van der Waals surface area contributed by atoms with Crippen LogP contribution in [0, 0.1) is 5.41 Å². The van der Waals surface area contributed by atoms with E-state index in [4.69, 9.17) is 4.74 Å². The largest absolute Gasteiger partial charge is 0.492 e. The van der Waals surface area contributed by atoms with Crippen LogP contribution in [0.5, 0.6) is 5.75 Å². The molecule has 1 aliphatic rings. The first-order valence-corrected chi connectivity index (χ1v) is 8.62. The van der Waals surface area contributed by atoms with E-state index in [9.17, 15) is 0 Å². The maximum atomic E-state index is 6.22. The average molecular weight is 333 g/mol. The van der Waals surface area contributed by atoms with Gasteiger partial charge in [-0.25, -0.2) is 0 Å². The Balaban J connectivity index is 1.79. The van der Waals surface area contributed by atoms with Crippen LogP contribution >= 0.6 is 15.9 Å². The zero-order valence-corrected chi connectivity index (χ0v) is 13.4. The summed E-state index contributed by atoms with van der Waals surface area (Å²) in [5, 5.41) is 3.52. The summed E-state index contributed by atoms with van der Waals surface area (Å²) in [7, 11) is 0. The van der Waals surface area contributed by atoms with Crippen LogP contribution in [-0.2, 0) is 0 Å². The van der Waals surface area contributed by atoms with Crippen LogP contribution in [0.1, 0.15) is 32.1 Å². The molecule has 1 saturated carbocycles. The average Bonchev–Trinajstić information content (AvgIpc) is 2.54. The van der Waals surface area contributed by atoms with Crippen molar-refractivity contribution in [3.63, 3.8) is 0 Å². The van der Waals surface area contributed by atoms with Gasteiger partial charge in [-0.15, -0.1) is 0 Å². The smallest absolute Gasteiger partial charge is 0.127 e. The fourth-order valence-corrected chi connectivity index (χ4v) is 3.89. The van der Waals surface area contributed by atoms with E-state index in [1.165, 1.54) is 42.9 Å². The summed E-state index contributed by atoms with van der Waals surface area (Å²) in [4.78, 5) is 0. The molecular weight excluding hydrogens is 312 g/mol. The van der Waals surface area contributed by atoms with Crippen LogP contribution in [0.15, 0.2) is 42.5 Å². The van der Waals surface area contributed by atoms with Gasteiger partial charge in [-0.3, -0.25) is 0 Å². The molecule has 0 unspecified atom stereocenters. The zero-order valence-electron chi connectivity index (χ0n) is 11.8. The second kappa shape index (κ2) is 6.17. The summed E-state index contributed by atoms with van der Waals surface area (Å²) in [6.45, 7) is 0.826. The molecule has 2 aromatic carbocycles. The molecule has 1 nitrogen and oxygen atoms in total. The monoisotopic (exact) mass is 332 g/mol. The minimum atomic E-state index is 0.329. The highest BCUT2D eigenvalue weighted by Gasteiger charge is 2.31. The van der Waals surface area contributed by atoms with Crippen molar-refractivity contribution in [1.29, 1.82) is 0 Å². The lowest BCUT2D eigenvalue weighted by Crippen LogP contribution is -2.32. The van der Waals surface area contributed by atoms with Gasteiger partial charge in [-0.1, -0.05) is 71.6 Å². The number of rotatable bonds is 4. The van der Waals surface area contributed by atoms with E-state index in [0.717, 1.165) is 17.7 Å². The summed E-state index contributed by atoms with van der Waals surface area (Å²) in [5.41, 5.74) is 0.329. The van der Waals surface area contributed by atoms with Crippen LogP contribution in [0.4, 0.5) is 0 Å². The molecule has 0 bridgehead atoms. The highest BCUT2D eigenvalue weighted by atomic mass is 79.9. The van der Waals surface area contributed by atoms with Crippen molar-refractivity contribution in [2.75, 3.05) is 11.9 Å². The molecule has 2 aromatic rings. The molecule has 0 aliphatic heterocycles. The predicted octanol–water partition coefficient (Wildman–Crippen LogP) is 5.56. The second-order valence-electron chi connectivity index (χ2n) is 5.96. The van der Waals surface area contributed by atoms with Crippen molar-refractivity contribution in [2.45, 2.75) is 32.1 Å². The fourth-order valence-electron chi connectivity index (χ4n) is 3.17. The number of benzene rings is 2. The SMILES string of the molecule is BrCC1(COc2cccc3ccccc23)CCCCC1. The highest BCUT2D eigenvalue weighted by Crippen LogP contribution is 2.39. The van der Waals surface area contributed by atoms with Crippen molar-refractivity contribution >= 4 is 26.7 Å². The third-order valence-electron chi connectivity index (χ3n) is 4.48. The Morgan fingerprint density at radius 2 is 1.70 bits per heavy atom. The fraction of sp³-hybridized carbons (Fsp3) is 0.444. The van der Waals surface area contributed by atoms with Crippen LogP contribution < -0.4 is 4.74 Å². The standard InChI is InChI=1S/C18H21BrO/c19-13-18(11-4-1-5-12-18)14-20-17-10-6-8-15-7-2-3-9-16(15)17/h2-3,6-10H,1,4-5,11-14H2. The molecule has 1 aliphatic carbocycles. The summed E-state index contributed by atoms with van der Waals surface area (Å²) in [5.74, 6) is 1.02. The minimum Gasteiger partial charge on any atom is -0.492 e. The summed E-state index contributed by atoms with van der Waals surface area (Å²) in [6, 6.07) is 14.8. The van der Waals surface area contributed by atoms with E-state index in [1.807, 2.05) is 0 Å². The number of hydrogen-bond donors (Lipinski definition) is 0. The van der Waals surface area contributed by atoms with Gasteiger partial charge in [0.2, 0.25) is 0 Å². The van der Waals surface area contributed by atoms with Crippen LogP contribution in [-0.4, -0.2) is 11.9 Å². The van der Waals surface area contributed by atoms with E-state index in [2.05, 4.69) is 58.4 Å². The Hall–Kier alpha value is -1.02. The van der Waals surface area contributed by atoms with Gasteiger partial charge >= 0.3 is 0 Å². The van der Waals surface area contributed by atoms with E-state index in [0.29, 0.717) is 5.41 Å². The molecule has 1 fully saturated rings. The van der Waals surface area contributed by atoms with Gasteiger partial charge in [0.25, 0.3) is 0 Å². The lowest BCUT2D eigenvalue weighted by atomic mass is 9.76. The number of fused-ring (bicyclic) bond motifs is 1. The van der Waals surface area contributed by atoms with Crippen molar-refractivity contribution in [3.8, 4) is 5.75 Å². The molecule has 0 N–H and O–H groups in total.